The van der Waals surface area contributed by atoms with Gasteiger partial charge in [0.05, 0.1) is 5.92 Å². The van der Waals surface area contributed by atoms with Crippen LogP contribution in [0.3, 0.4) is 0 Å². The Morgan fingerprint density at radius 3 is 2.43 bits per heavy atom. The van der Waals surface area contributed by atoms with Gasteiger partial charge in [-0.05, 0) is 30.4 Å². The molecule has 5 heteroatoms. The standard InChI is InChI=1S/C18H25NO4/c1-11(2)8-13-4-6-14(7-5-13)12(3)18(22)23-15-9-16(17(20)21)19-10-15/h4-7,11-12,15-16,19H,8-10H2,1-3H3,(H,20,21)/t12?,15-,16?/m1/s1. The summed E-state index contributed by atoms with van der Waals surface area (Å²) in [6, 6.07) is 7.42. The molecule has 1 heterocycles. The lowest BCUT2D eigenvalue weighted by atomic mass is 9.97. The molecule has 0 amide bonds. The molecule has 2 unspecified atom stereocenters. The lowest BCUT2D eigenvalue weighted by molar-refractivity contribution is -0.150. The fraction of sp³-hybridized carbons (Fsp3) is 0.556. The molecule has 23 heavy (non-hydrogen) atoms. The van der Waals surface area contributed by atoms with Crippen LogP contribution in [0.5, 0.6) is 0 Å². The molecule has 1 saturated heterocycles. The molecule has 5 nitrogen and oxygen atoms in total. The highest BCUT2D eigenvalue weighted by atomic mass is 16.5. The van der Waals surface area contributed by atoms with E-state index in [1.165, 1.54) is 5.56 Å². The van der Waals surface area contributed by atoms with E-state index in [4.69, 9.17) is 9.84 Å². The molecule has 1 aromatic carbocycles. The molecular formula is C18H25NO4. The first-order valence-electron chi connectivity index (χ1n) is 8.12. The van der Waals surface area contributed by atoms with E-state index in [0.717, 1.165) is 12.0 Å². The van der Waals surface area contributed by atoms with E-state index >= 15 is 0 Å². The van der Waals surface area contributed by atoms with Crippen molar-refractivity contribution in [3.63, 3.8) is 0 Å². The maximum atomic E-state index is 12.2. The molecule has 0 aliphatic carbocycles. The van der Waals surface area contributed by atoms with Gasteiger partial charge in [0.25, 0.3) is 0 Å². The number of rotatable bonds is 6. The van der Waals surface area contributed by atoms with Gasteiger partial charge in [-0.15, -0.1) is 0 Å². The maximum absolute atomic E-state index is 12.2. The van der Waals surface area contributed by atoms with E-state index in [-0.39, 0.29) is 18.0 Å². The van der Waals surface area contributed by atoms with Crippen LogP contribution in [0.25, 0.3) is 0 Å². The van der Waals surface area contributed by atoms with Crippen molar-refractivity contribution in [1.29, 1.82) is 0 Å². The summed E-state index contributed by atoms with van der Waals surface area (Å²) in [5, 5.41) is 11.8. The topological polar surface area (TPSA) is 75.6 Å². The molecule has 2 N–H and O–H groups in total. The van der Waals surface area contributed by atoms with Crippen LogP contribution in [-0.4, -0.2) is 35.7 Å². The number of carbonyl (C=O) groups is 2. The predicted octanol–water partition coefficient (Wildman–Crippen LogP) is 2.35. The number of carboxylic acids is 1. The molecule has 0 saturated carbocycles. The smallest absolute Gasteiger partial charge is 0.320 e. The van der Waals surface area contributed by atoms with Gasteiger partial charge in [-0.25, -0.2) is 0 Å². The zero-order chi connectivity index (χ0) is 17.0. The van der Waals surface area contributed by atoms with E-state index < -0.39 is 12.0 Å². The molecule has 0 aromatic heterocycles. The highest BCUT2D eigenvalue weighted by Gasteiger charge is 2.32. The monoisotopic (exact) mass is 319 g/mol. The zero-order valence-corrected chi connectivity index (χ0v) is 13.9. The van der Waals surface area contributed by atoms with Crippen molar-refractivity contribution >= 4 is 11.9 Å². The Hall–Kier alpha value is -1.88. The first kappa shape index (κ1) is 17.5. The van der Waals surface area contributed by atoms with Crippen LogP contribution in [0, 0.1) is 5.92 Å². The maximum Gasteiger partial charge on any atom is 0.320 e. The first-order valence-corrected chi connectivity index (χ1v) is 8.12. The average Bonchev–Trinajstić information content (AvgIpc) is 2.95. The van der Waals surface area contributed by atoms with Crippen molar-refractivity contribution in [3.05, 3.63) is 35.4 Å². The van der Waals surface area contributed by atoms with Crippen LogP contribution in [0.4, 0.5) is 0 Å². The van der Waals surface area contributed by atoms with Crippen molar-refractivity contribution in [2.24, 2.45) is 5.92 Å². The Bertz CT molecular complexity index is 553. The van der Waals surface area contributed by atoms with Crippen molar-refractivity contribution in [3.8, 4) is 0 Å². The number of aliphatic carboxylic acids is 1. The third-order valence-electron chi connectivity index (χ3n) is 4.15. The van der Waals surface area contributed by atoms with Crippen molar-refractivity contribution in [2.45, 2.75) is 51.7 Å². The second-order valence-corrected chi connectivity index (χ2v) is 6.65. The van der Waals surface area contributed by atoms with Crippen LogP contribution in [0.2, 0.25) is 0 Å². The third kappa shape index (κ3) is 4.79. The third-order valence-corrected chi connectivity index (χ3v) is 4.15. The number of hydrogen-bond donors (Lipinski definition) is 2. The van der Waals surface area contributed by atoms with Crippen LogP contribution >= 0.6 is 0 Å². The minimum Gasteiger partial charge on any atom is -0.480 e. The number of hydrogen-bond acceptors (Lipinski definition) is 4. The molecule has 0 bridgehead atoms. The van der Waals surface area contributed by atoms with Gasteiger partial charge >= 0.3 is 11.9 Å². The molecule has 1 aromatic rings. The summed E-state index contributed by atoms with van der Waals surface area (Å²) < 4.78 is 5.44. The molecule has 0 radical (unpaired) electrons. The van der Waals surface area contributed by atoms with Crippen LogP contribution < -0.4 is 5.32 Å². The Kier molecular flexibility index (Phi) is 5.77. The fourth-order valence-corrected chi connectivity index (χ4v) is 2.80. The molecule has 126 valence electrons. The SMILES string of the molecule is CC(C)Cc1ccc(C(C)C(=O)O[C@H]2CNC(C(=O)O)C2)cc1. The number of nitrogens with one attached hydrogen (secondary N) is 1. The Morgan fingerprint density at radius 1 is 1.26 bits per heavy atom. The Labute approximate surface area is 137 Å². The minimum atomic E-state index is -0.905. The first-order chi connectivity index (χ1) is 10.9. The average molecular weight is 319 g/mol. The van der Waals surface area contributed by atoms with Gasteiger partial charge in [0.1, 0.15) is 12.1 Å². The quantitative estimate of drug-likeness (QED) is 0.787. The molecule has 1 aliphatic heterocycles. The van der Waals surface area contributed by atoms with Gasteiger partial charge in [-0.3, -0.25) is 9.59 Å². The summed E-state index contributed by atoms with van der Waals surface area (Å²) >= 11 is 0. The largest absolute Gasteiger partial charge is 0.480 e. The number of carbonyl (C=O) groups excluding carboxylic acids is 1. The summed E-state index contributed by atoms with van der Waals surface area (Å²) in [6.07, 6.45) is 0.969. The van der Waals surface area contributed by atoms with E-state index in [1.54, 1.807) is 0 Å². The van der Waals surface area contributed by atoms with Gasteiger partial charge in [0.15, 0.2) is 0 Å². The van der Waals surface area contributed by atoms with E-state index in [1.807, 2.05) is 19.1 Å². The Morgan fingerprint density at radius 2 is 1.91 bits per heavy atom. The second kappa shape index (κ2) is 7.59. The van der Waals surface area contributed by atoms with Crippen LogP contribution in [0.15, 0.2) is 24.3 Å². The molecule has 1 aliphatic rings. The normalized spacial score (nSPS) is 22.1. The zero-order valence-electron chi connectivity index (χ0n) is 13.9. The fourth-order valence-electron chi connectivity index (χ4n) is 2.80. The molecule has 3 atom stereocenters. The summed E-state index contributed by atoms with van der Waals surface area (Å²) in [7, 11) is 0. The molecule has 1 fully saturated rings. The number of carboxylic acid groups (broad SMARTS) is 1. The van der Waals surface area contributed by atoms with Crippen molar-refractivity contribution in [1.82, 2.24) is 5.32 Å². The second-order valence-electron chi connectivity index (χ2n) is 6.65. The molecular weight excluding hydrogens is 294 g/mol. The Balaban J connectivity index is 1.91. The van der Waals surface area contributed by atoms with Crippen LogP contribution in [-0.2, 0) is 20.7 Å². The minimum absolute atomic E-state index is 0.306. The number of benzene rings is 1. The van der Waals surface area contributed by atoms with E-state index in [9.17, 15) is 9.59 Å². The lowest BCUT2D eigenvalue weighted by Crippen LogP contribution is -2.30. The van der Waals surface area contributed by atoms with Crippen LogP contribution in [0.1, 0.15) is 44.2 Å². The summed E-state index contributed by atoms with van der Waals surface area (Å²) in [5.74, 6) is -0.968. The summed E-state index contributed by atoms with van der Waals surface area (Å²) in [4.78, 5) is 23.1. The van der Waals surface area contributed by atoms with Gasteiger partial charge < -0.3 is 15.2 Å². The highest BCUT2D eigenvalue weighted by molar-refractivity contribution is 5.78. The van der Waals surface area contributed by atoms with Gasteiger partial charge in [-0.1, -0.05) is 38.1 Å². The highest BCUT2D eigenvalue weighted by Crippen LogP contribution is 2.21. The molecule has 2 rings (SSSR count). The van der Waals surface area contributed by atoms with E-state index in [2.05, 4.69) is 31.3 Å². The summed E-state index contributed by atoms with van der Waals surface area (Å²) in [6.45, 7) is 6.56. The number of esters is 1. The summed E-state index contributed by atoms with van der Waals surface area (Å²) in [5.41, 5.74) is 2.18. The van der Waals surface area contributed by atoms with E-state index in [0.29, 0.717) is 18.9 Å². The number of ether oxygens (including phenoxy) is 1. The lowest BCUT2D eigenvalue weighted by Gasteiger charge is -2.16. The van der Waals surface area contributed by atoms with Crippen molar-refractivity contribution < 1.29 is 19.4 Å². The van der Waals surface area contributed by atoms with Gasteiger partial charge in [0, 0.05) is 13.0 Å². The predicted molar refractivity (Wildman–Crippen MR) is 87.3 cm³/mol. The molecule has 0 spiro atoms. The van der Waals surface area contributed by atoms with Gasteiger partial charge in [0.2, 0.25) is 0 Å². The van der Waals surface area contributed by atoms with Crippen molar-refractivity contribution in [2.75, 3.05) is 6.54 Å². The van der Waals surface area contributed by atoms with Gasteiger partial charge in [-0.2, -0.15) is 0 Å².